The number of halogens is 4. The van der Waals surface area contributed by atoms with Gasteiger partial charge in [0.2, 0.25) is 0 Å². The van der Waals surface area contributed by atoms with Gasteiger partial charge in [-0.3, -0.25) is 4.90 Å². The van der Waals surface area contributed by atoms with Crippen molar-refractivity contribution in [1.29, 1.82) is 0 Å². The van der Waals surface area contributed by atoms with Crippen molar-refractivity contribution in [3.63, 3.8) is 0 Å². The van der Waals surface area contributed by atoms with Gasteiger partial charge in [0.1, 0.15) is 47.9 Å². The average Bonchev–Trinajstić information content (AvgIpc) is 3.67. The number of piperazine rings is 1. The third-order valence-electron chi connectivity index (χ3n) is 8.38. The molecule has 1 N–H and O–H groups in total. The van der Waals surface area contributed by atoms with Gasteiger partial charge >= 0.3 is 5.69 Å². The van der Waals surface area contributed by atoms with Gasteiger partial charge in [0, 0.05) is 61.2 Å². The van der Waals surface area contributed by atoms with Crippen molar-refractivity contribution in [2.24, 2.45) is 0 Å². The van der Waals surface area contributed by atoms with Crippen LogP contribution in [0, 0.1) is 23.3 Å². The van der Waals surface area contributed by atoms with E-state index in [4.69, 9.17) is 0 Å². The fourth-order valence-electron chi connectivity index (χ4n) is 5.77. The number of anilines is 1. The van der Waals surface area contributed by atoms with Crippen LogP contribution in [-0.4, -0.2) is 71.3 Å². The summed E-state index contributed by atoms with van der Waals surface area (Å²) in [5, 5.41) is 20.1. The predicted molar refractivity (Wildman–Crippen MR) is 157 cm³/mol. The summed E-state index contributed by atoms with van der Waals surface area (Å²) >= 11 is 0. The van der Waals surface area contributed by atoms with Crippen molar-refractivity contribution >= 4 is 5.69 Å². The molecule has 0 spiro atoms. The molecule has 6 rings (SSSR count). The number of hydrogen-bond acceptors (Lipinski definition) is 7. The van der Waals surface area contributed by atoms with Crippen molar-refractivity contribution in [2.75, 3.05) is 31.1 Å². The molecule has 45 heavy (non-hydrogen) atoms. The standard InChI is InChI=1S/C31H30F4N8O2/c1-21(31(45,17-41-19-36-18-37-41)27-9-4-24(33)15-29(27)35)39-10-12-40(13-11-39)25-5-7-26(8-6-25)42-20-38-43(30(42)44)16-22-2-3-23(32)14-28(22)34/h2-9,14-15,18-21,45H,10-13,16-17H2,1H3/t21-,31-/m1/s1. The van der Waals surface area contributed by atoms with Crippen molar-refractivity contribution in [3.05, 3.63) is 125 Å². The minimum atomic E-state index is -1.73. The summed E-state index contributed by atoms with van der Waals surface area (Å²) in [6.07, 6.45) is 4.11. The Hall–Kier alpha value is -4.82. The molecule has 1 aliphatic rings. The first-order valence-electron chi connectivity index (χ1n) is 14.3. The number of nitrogens with zero attached hydrogens (tertiary/aromatic N) is 8. The van der Waals surface area contributed by atoms with Crippen molar-refractivity contribution in [3.8, 4) is 5.69 Å². The van der Waals surface area contributed by atoms with Gasteiger partial charge in [-0.2, -0.15) is 10.2 Å². The monoisotopic (exact) mass is 622 g/mol. The van der Waals surface area contributed by atoms with E-state index >= 15 is 0 Å². The molecule has 1 saturated heterocycles. The molecule has 3 heterocycles. The van der Waals surface area contributed by atoms with Crippen LogP contribution in [-0.2, 0) is 18.7 Å². The molecular formula is C31H30F4N8O2. The zero-order valence-corrected chi connectivity index (χ0v) is 24.3. The van der Waals surface area contributed by atoms with E-state index < -0.39 is 40.6 Å². The summed E-state index contributed by atoms with van der Waals surface area (Å²) in [6, 6.07) is 13.1. The third kappa shape index (κ3) is 6.11. The topological polar surface area (TPSA) is 97.2 Å². The van der Waals surface area contributed by atoms with Crippen LogP contribution in [0.1, 0.15) is 18.1 Å². The summed E-state index contributed by atoms with van der Waals surface area (Å²) in [7, 11) is 0. The minimum Gasteiger partial charge on any atom is -0.381 e. The summed E-state index contributed by atoms with van der Waals surface area (Å²) < 4.78 is 59.9. The Morgan fingerprint density at radius 3 is 2.16 bits per heavy atom. The van der Waals surface area contributed by atoms with Gasteiger partial charge in [-0.15, -0.1) is 0 Å². The van der Waals surface area contributed by atoms with E-state index in [9.17, 15) is 27.5 Å². The van der Waals surface area contributed by atoms with Crippen LogP contribution in [0.25, 0.3) is 5.69 Å². The van der Waals surface area contributed by atoms with Crippen LogP contribution in [0.2, 0.25) is 0 Å². The summed E-state index contributed by atoms with van der Waals surface area (Å²) in [4.78, 5) is 21.1. The molecule has 14 heteroatoms. The van der Waals surface area contributed by atoms with Crippen LogP contribution in [0.5, 0.6) is 0 Å². The Bertz CT molecular complexity index is 1840. The Kier molecular flexibility index (Phi) is 8.25. The van der Waals surface area contributed by atoms with Gasteiger partial charge in [-0.05, 0) is 43.3 Å². The lowest BCUT2D eigenvalue weighted by Crippen LogP contribution is -2.57. The highest BCUT2D eigenvalue weighted by atomic mass is 19.1. The van der Waals surface area contributed by atoms with Gasteiger partial charge in [-0.25, -0.2) is 41.3 Å². The molecule has 5 aromatic rings. The highest BCUT2D eigenvalue weighted by Gasteiger charge is 2.42. The van der Waals surface area contributed by atoms with Crippen LogP contribution >= 0.6 is 0 Å². The first-order chi connectivity index (χ1) is 21.6. The minimum absolute atomic E-state index is 0.0220. The number of benzene rings is 3. The lowest BCUT2D eigenvalue weighted by Gasteiger charge is -2.45. The first kappa shape index (κ1) is 30.2. The quantitative estimate of drug-likeness (QED) is 0.252. The van der Waals surface area contributed by atoms with E-state index in [0.717, 1.165) is 34.6 Å². The number of aliphatic hydroxyl groups is 1. The smallest absolute Gasteiger partial charge is 0.350 e. The molecule has 2 aromatic heterocycles. The van der Waals surface area contributed by atoms with E-state index in [1.807, 2.05) is 19.1 Å². The zero-order valence-electron chi connectivity index (χ0n) is 24.3. The van der Waals surface area contributed by atoms with Crippen molar-refractivity contribution in [1.82, 2.24) is 34.0 Å². The van der Waals surface area contributed by atoms with Crippen molar-refractivity contribution in [2.45, 2.75) is 31.7 Å². The lowest BCUT2D eigenvalue weighted by molar-refractivity contribution is -0.0650. The molecule has 234 valence electrons. The molecule has 0 amide bonds. The van der Waals surface area contributed by atoms with Gasteiger partial charge < -0.3 is 10.0 Å². The maximum absolute atomic E-state index is 15.0. The van der Waals surface area contributed by atoms with Gasteiger partial charge in [0.25, 0.3) is 0 Å². The molecular weight excluding hydrogens is 592 g/mol. The second kappa shape index (κ2) is 12.3. The first-order valence-corrected chi connectivity index (χ1v) is 14.3. The van der Waals surface area contributed by atoms with Crippen LogP contribution in [0.3, 0.4) is 0 Å². The molecule has 0 aliphatic carbocycles. The number of aromatic nitrogens is 6. The molecule has 1 aliphatic heterocycles. The highest BCUT2D eigenvalue weighted by molar-refractivity contribution is 5.51. The van der Waals surface area contributed by atoms with Gasteiger partial charge in [0.15, 0.2) is 0 Å². The molecule has 3 aromatic carbocycles. The molecule has 0 unspecified atom stereocenters. The molecule has 0 saturated carbocycles. The molecule has 0 bridgehead atoms. The molecule has 0 radical (unpaired) electrons. The van der Waals surface area contributed by atoms with E-state index in [0.29, 0.717) is 31.9 Å². The fourth-order valence-corrected chi connectivity index (χ4v) is 5.77. The van der Waals surface area contributed by atoms with Gasteiger partial charge in [0.05, 0.1) is 18.8 Å². The van der Waals surface area contributed by atoms with E-state index in [2.05, 4.69) is 25.0 Å². The van der Waals surface area contributed by atoms with Crippen LogP contribution in [0.4, 0.5) is 23.2 Å². The third-order valence-corrected chi connectivity index (χ3v) is 8.38. The maximum Gasteiger partial charge on any atom is 0.350 e. The summed E-state index contributed by atoms with van der Waals surface area (Å²) in [5.41, 5.74) is -0.581. The number of hydrogen-bond donors (Lipinski definition) is 1. The zero-order chi connectivity index (χ0) is 31.7. The Morgan fingerprint density at radius 1 is 0.844 bits per heavy atom. The average molecular weight is 623 g/mol. The van der Waals surface area contributed by atoms with E-state index in [1.54, 1.807) is 12.1 Å². The van der Waals surface area contributed by atoms with Gasteiger partial charge in [-0.1, -0.05) is 12.1 Å². The predicted octanol–water partition coefficient (Wildman–Crippen LogP) is 3.33. The normalized spacial score (nSPS) is 16.1. The molecule has 1 fully saturated rings. The second-order valence-corrected chi connectivity index (χ2v) is 11.0. The Labute approximate surface area is 255 Å². The Balaban J connectivity index is 1.14. The van der Waals surface area contributed by atoms with Crippen LogP contribution < -0.4 is 10.6 Å². The maximum atomic E-state index is 15.0. The SMILES string of the molecule is C[C@@H](N1CCN(c2ccc(-n3cnn(Cc4ccc(F)cc4F)c3=O)cc2)CC1)[C@](O)(Cn1cncn1)c1ccc(F)cc1F. The van der Waals surface area contributed by atoms with E-state index in [1.165, 1.54) is 40.4 Å². The number of rotatable bonds is 9. The largest absolute Gasteiger partial charge is 0.381 e. The lowest BCUT2D eigenvalue weighted by atomic mass is 9.85. The molecule has 10 nitrogen and oxygen atoms in total. The highest BCUT2D eigenvalue weighted by Crippen LogP contribution is 2.33. The van der Waals surface area contributed by atoms with Crippen LogP contribution in [0.15, 0.2) is 84.4 Å². The fraction of sp³-hybridized carbons (Fsp3) is 0.290. The summed E-state index contributed by atoms with van der Waals surface area (Å²) in [5.74, 6) is -3.02. The van der Waals surface area contributed by atoms with E-state index in [-0.39, 0.29) is 24.2 Å². The summed E-state index contributed by atoms with van der Waals surface area (Å²) in [6.45, 7) is 3.92. The molecule has 2 atom stereocenters. The Morgan fingerprint density at radius 2 is 1.51 bits per heavy atom. The second-order valence-electron chi connectivity index (χ2n) is 11.0. The van der Waals surface area contributed by atoms with Crippen molar-refractivity contribution < 1.29 is 22.7 Å².